The summed E-state index contributed by atoms with van der Waals surface area (Å²) in [6.45, 7) is 4.98. The van der Waals surface area contributed by atoms with Crippen LogP contribution in [-0.2, 0) is 14.3 Å². The highest BCUT2D eigenvalue weighted by molar-refractivity contribution is 5.84. The Labute approximate surface area is 104 Å². The van der Waals surface area contributed by atoms with E-state index in [9.17, 15) is 9.59 Å². The lowest BCUT2D eigenvalue weighted by Gasteiger charge is -2.12. The van der Waals surface area contributed by atoms with Crippen molar-refractivity contribution in [3.8, 4) is 5.88 Å². The van der Waals surface area contributed by atoms with E-state index in [1.807, 2.05) is 0 Å². The second-order valence-corrected chi connectivity index (χ2v) is 3.61. The predicted molar refractivity (Wildman–Crippen MR) is 61.0 cm³/mol. The maximum atomic E-state index is 11.4. The van der Waals surface area contributed by atoms with Gasteiger partial charge in [0.1, 0.15) is 11.8 Å². The molecule has 0 saturated heterocycles. The van der Waals surface area contributed by atoms with Gasteiger partial charge in [0.2, 0.25) is 0 Å². The first-order valence-electron chi connectivity index (χ1n) is 5.55. The molecule has 1 amide bonds. The Morgan fingerprint density at radius 3 is 2.83 bits per heavy atom. The highest BCUT2D eigenvalue weighted by atomic mass is 16.5. The summed E-state index contributed by atoms with van der Waals surface area (Å²) in [5.74, 6) is -0.101. The molecule has 7 nitrogen and oxygen atoms in total. The first-order chi connectivity index (χ1) is 8.52. The van der Waals surface area contributed by atoms with Gasteiger partial charge in [-0.2, -0.15) is 0 Å². The molecular weight excluding hydrogens is 240 g/mol. The summed E-state index contributed by atoms with van der Waals surface area (Å²) in [4.78, 5) is 22.7. The van der Waals surface area contributed by atoms with Crippen LogP contribution >= 0.6 is 0 Å². The van der Waals surface area contributed by atoms with Crippen molar-refractivity contribution < 1.29 is 23.6 Å². The fourth-order valence-corrected chi connectivity index (χ4v) is 1.16. The zero-order chi connectivity index (χ0) is 13.5. The van der Waals surface area contributed by atoms with Gasteiger partial charge in [0, 0.05) is 6.07 Å². The number of aromatic nitrogens is 1. The molecule has 0 saturated carbocycles. The van der Waals surface area contributed by atoms with Gasteiger partial charge in [-0.15, -0.1) is 0 Å². The van der Waals surface area contributed by atoms with Crippen LogP contribution in [0, 0.1) is 6.92 Å². The summed E-state index contributed by atoms with van der Waals surface area (Å²) in [6, 6.07) is 0.849. The van der Waals surface area contributed by atoms with Gasteiger partial charge in [-0.05, 0) is 25.9 Å². The summed E-state index contributed by atoms with van der Waals surface area (Å²) in [6.07, 6.45) is 0. The van der Waals surface area contributed by atoms with Crippen LogP contribution in [0.15, 0.2) is 10.6 Å². The number of carbonyl (C=O) groups is 2. The quantitative estimate of drug-likeness (QED) is 0.742. The second kappa shape index (κ2) is 6.63. The molecule has 1 aromatic heterocycles. The second-order valence-electron chi connectivity index (χ2n) is 3.61. The van der Waals surface area contributed by atoms with Crippen molar-refractivity contribution in [2.24, 2.45) is 0 Å². The standard InChI is InChI=1S/C11H16N2O5/c1-4-16-11(15)8(3)12-9(14)6-17-10-5-7(2)18-13-10/h5,8H,4,6H2,1-3H3,(H,12,14). The number of nitrogens with zero attached hydrogens (tertiary/aromatic N) is 1. The number of amides is 1. The summed E-state index contributed by atoms with van der Waals surface area (Å²) in [5.41, 5.74) is 0. The van der Waals surface area contributed by atoms with Crippen LogP contribution in [0.5, 0.6) is 5.88 Å². The van der Waals surface area contributed by atoms with Crippen molar-refractivity contribution in [3.05, 3.63) is 11.8 Å². The minimum absolute atomic E-state index is 0.228. The van der Waals surface area contributed by atoms with E-state index in [0.717, 1.165) is 0 Å². The predicted octanol–water partition coefficient (Wildman–Crippen LogP) is 0.430. The third kappa shape index (κ3) is 4.44. The normalized spacial score (nSPS) is 11.7. The van der Waals surface area contributed by atoms with E-state index in [4.69, 9.17) is 14.0 Å². The first-order valence-corrected chi connectivity index (χ1v) is 5.55. The van der Waals surface area contributed by atoms with E-state index in [1.54, 1.807) is 19.9 Å². The Hall–Kier alpha value is -2.05. The molecule has 1 N–H and O–H groups in total. The van der Waals surface area contributed by atoms with Gasteiger partial charge in [0.05, 0.1) is 6.61 Å². The highest BCUT2D eigenvalue weighted by Crippen LogP contribution is 2.09. The molecule has 18 heavy (non-hydrogen) atoms. The van der Waals surface area contributed by atoms with Gasteiger partial charge in [0.15, 0.2) is 6.61 Å². The van der Waals surface area contributed by atoms with Gasteiger partial charge < -0.3 is 19.3 Å². The number of rotatable bonds is 6. The van der Waals surface area contributed by atoms with Crippen molar-refractivity contribution in [2.75, 3.05) is 13.2 Å². The molecule has 0 spiro atoms. The summed E-state index contributed by atoms with van der Waals surface area (Å²) in [5, 5.41) is 6.01. The molecule has 0 aliphatic rings. The van der Waals surface area contributed by atoms with Crippen LogP contribution in [0.1, 0.15) is 19.6 Å². The maximum Gasteiger partial charge on any atom is 0.328 e. The number of hydrogen-bond acceptors (Lipinski definition) is 6. The van der Waals surface area contributed by atoms with Gasteiger partial charge in [-0.3, -0.25) is 4.79 Å². The summed E-state index contributed by atoms with van der Waals surface area (Å²) >= 11 is 0. The van der Waals surface area contributed by atoms with Gasteiger partial charge >= 0.3 is 5.97 Å². The van der Waals surface area contributed by atoms with Crippen LogP contribution in [0.25, 0.3) is 0 Å². The third-order valence-electron chi connectivity index (χ3n) is 1.98. The molecule has 0 radical (unpaired) electrons. The van der Waals surface area contributed by atoms with E-state index in [2.05, 4.69) is 10.5 Å². The Kier molecular flexibility index (Phi) is 5.16. The Bertz CT molecular complexity index is 415. The van der Waals surface area contributed by atoms with E-state index in [0.29, 0.717) is 5.76 Å². The van der Waals surface area contributed by atoms with Gasteiger partial charge in [0.25, 0.3) is 11.8 Å². The number of hydrogen-bond donors (Lipinski definition) is 1. The Morgan fingerprint density at radius 1 is 1.56 bits per heavy atom. The average molecular weight is 256 g/mol. The SMILES string of the molecule is CCOC(=O)C(C)NC(=O)COc1cc(C)on1. The van der Waals surface area contributed by atoms with Crippen molar-refractivity contribution in [2.45, 2.75) is 26.8 Å². The van der Waals surface area contributed by atoms with Crippen molar-refractivity contribution in [1.29, 1.82) is 0 Å². The minimum Gasteiger partial charge on any atom is -0.465 e. The molecule has 7 heteroatoms. The van der Waals surface area contributed by atoms with Crippen LogP contribution in [0.2, 0.25) is 0 Å². The van der Waals surface area contributed by atoms with Crippen molar-refractivity contribution in [1.82, 2.24) is 10.5 Å². The molecular formula is C11H16N2O5. The molecule has 1 rings (SSSR count). The van der Waals surface area contributed by atoms with Crippen molar-refractivity contribution in [3.63, 3.8) is 0 Å². The number of ether oxygens (including phenoxy) is 2. The molecule has 1 atom stereocenters. The zero-order valence-electron chi connectivity index (χ0n) is 10.6. The van der Waals surface area contributed by atoms with Crippen LogP contribution < -0.4 is 10.1 Å². The van der Waals surface area contributed by atoms with Crippen LogP contribution in [-0.4, -0.2) is 36.3 Å². The molecule has 0 bridgehead atoms. The van der Waals surface area contributed by atoms with Gasteiger partial charge in [-0.1, -0.05) is 0 Å². The van der Waals surface area contributed by atoms with Crippen molar-refractivity contribution >= 4 is 11.9 Å². The first kappa shape index (κ1) is 14.0. The number of carbonyl (C=O) groups excluding carboxylic acids is 2. The fraction of sp³-hybridized carbons (Fsp3) is 0.545. The monoisotopic (exact) mass is 256 g/mol. The average Bonchev–Trinajstić information content (AvgIpc) is 2.73. The van der Waals surface area contributed by atoms with E-state index in [-0.39, 0.29) is 19.1 Å². The Balaban J connectivity index is 2.31. The number of aryl methyl sites for hydroxylation is 1. The van der Waals surface area contributed by atoms with E-state index >= 15 is 0 Å². The summed E-state index contributed by atoms with van der Waals surface area (Å²) in [7, 11) is 0. The maximum absolute atomic E-state index is 11.4. The molecule has 1 heterocycles. The number of nitrogens with one attached hydrogen (secondary N) is 1. The number of esters is 1. The van der Waals surface area contributed by atoms with Crippen LogP contribution in [0.3, 0.4) is 0 Å². The largest absolute Gasteiger partial charge is 0.465 e. The van der Waals surface area contributed by atoms with Crippen LogP contribution in [0.4, 0.5) is 0 Å². The molecule has 0 aliphatic carbocycles. The Morgan fingerprint density at radius 2 is 2.28 bits per heavy atom. The molecule has 0 aromatic carbocycles. The molecule has 1 unspecified atom stereocenters. The lowest BCUT2D eigenvalue weighted by atomic mass is 10.3. The smallest absolute Gasteiger partial charge is 0.328 e. The summed E-state index contributed by atoms with van der Waals surface area (Å²) < 4.78 is 14.6. The minimum atomic E-state index is -0.708. The zero-order valence-corrected chi connectivity index (χ0v) is 10.6. The molecule has 100 valence electrons. The van der Waals surface area contributed by atoms with Gasteiger partial charge in [-0.25, -0.2) is 4.79 Å². The molecule has 0 fully saturated rings. The molecule has 1 aromatic rings. The highest BCUT2D eigenvalue weighted by Gasteiger charge is 2.16. The van der Waals surface area contributed by atoms with E-state index < -0.39 is 17.9 Å². The van der Waals surface area contributed by atoms with E-state index in [1.165, 1.54) is 6.92 Å². The lowest BCUT2D eigenvalue weighted by molar-refractivity contribution is -0.147. The third-order valence-corrected chi connectivity index (χ3v) is 1.98. The lowest BCUT2D eigenvalue weighted by Crippen LogP contribution is -2.41. The molecule has 0 aliphatic heterocycles. The topological polar surface area (TPSA) is 90.7 Å². The fourth-order valence-electron chi connectivity index (χ4n) is 1.16.